The molecule has 0 saturated heterocycles. The molecule has 0 aromatic heterocycles. The van der Waals surface area contributed by atoms with Crippen molar-refractivity contribution in [2.45, 2.75) is 12.8 Å². The summed E-state index contributed by atoms with van der Waals surface area (Å²) in [4.78, 5) is 4.39. The van der Waals surface area contributed by atoms with Crippen LogP contribution in [0.5, 0.6) is 0 Å². The zero-order valence-corrected chi connectivity index (χ0v) is 11.8. The number of rotatable bonds is 3. The van der Waals surface area contributed by atoms with Gasteiger partial charge in [-0.15, -0.1) is 0 Å². The van der Waals surface area contributed by atoms with Crippen LogP contribution >= 0.6 is 0 Å². The van der Waals surface area contributed by atoms with Gasteiger partial charge in [-0.1, -0.05) is 24.3 Å². The van der Waals surface area contributed by atoms with Crippen molar-refractivity contribution in [1.29, 1.82) is 0 Å². The molecule has 0 N–H and O–H groups in total. The Kier molecular flexibility index (Phi) is 3.75. The predicted molar refractivity (Wildman–Crippen MR) is 81.4 cm³/mol. The van der Waals surface area contributed by atoms with E-state index in [0.717, 1.165) is 12.8 Å². The van der Waals surface area contributed by atoms with Gasteiger partial charge in [-0.05, 0) is 30.5 Å². The Morgan fingerprint density at radius 1 is 0.944 bits per heavy atom. The second-order valence-electron chi connectivity index (χ2n) is 5.12. The Morgan fingerprint density at radius 3 is 2.00 bits per heavy atom. The molecule has 0 saturated carbocycles. The van der Waals surface area contributed by atoms with E-state index in [1.165, 1.54) is 22.5 Å². The first-order valence-electron chi connectivity index (χ1n) is 6.45. The van der Waals surface area contributed by atoms with Crippen LogP contribution in [0.1, 0.15) is 18.4 Å². The van der Waals surface area contributed by atoms with Crippen LogP contribution in [0.15, 0.2) is 36.4 Å². The van der Waals surface area contributed by atoms with E-state index in [0.29, 0.717) is 0 Å². The maximum absolute atomic E-state index is 2.25. The largest absolute Gasteiger partial charge is 0.377 e. The summed E-state index contributed by atoms with van der Waals surface area (Å²) in [5, 5.41) is 0. The molecule has 18 heavy (non-hydrogen) atoms. The van der Waals surface area contributed by atoms with Crippen LogP contribution < -0.4 is 9.80 Å². The van der Waals surface area contributed by atoms with Crippen LogP contribution in [0, 0.1) is 0 Å². The van der Waals surface area contributed by atoms with Crippen LogP contribution in [-0.4, -0.2) is 28.2 Å². The van der Waals surface area contributed by atoms with Gasteiger partial charge in [0, 0.05) is 45.1 Å². The van der Waals surface area contributed by atoms with E-state index < -0.39 is 0 Å². The zero-order valence-electron chi connectivity index (χ0n) is 11.8. The molecule has 1 aromatic rings. The van der Waals surface area contributed by atoms with E-state index in [-0.39, 0.29) is 0 Å². The summed E-state index contributed by atoms with van der Waals surface area (Å²) in [6.45, 7) is 0. The standard InChI is InChI=1S/C16H22N2/c1-17(2)14-11-8-12-15(18(3)4)16(14)13-9-6-5-7-10-13/h5-6,8-9,11-12H,7,10H2,1-4H3. The molecule has 0 heterocycles. The molecule has 0 amide bonds. The lowest BCUT2D eigenvalue weighted by Gasteiger charge is -2.26. The molecule has 0 aliphatic heterocycles. The number of benzene rings is 1. The fourth-order valence-electron chi connectivity index (χ4n) is 2.41. The Hall–Kier alpha value is -1.70. The highest BCUT2D eigenvalue weighted by Crippen LogP contribution is 2.37. The normalized spacial score (nSPS) is 14.3. The fraction of sp³-hybridized carbons (Fsp3) is 0.375. The SMILES string of the molecule is CN(C)c1cccc(N(C)C)c1C1=CC=CCC1. The molecule has 1 aliphatic rings. The molecule has 1 aliphatic carbocycles. The number of allylic oxidation sites excluding steroid dienone is 4. The lowest BCUT2D eigenvalue weighted by Crippen LogP contribution is -2.16. The molecule has 2 heteroatoms. The van der Waals surface area contributed by atoms with Gasteiger partial charge in [0.15, 0.2) is 0 Å². The highest BCUT2D eigenvalue weighted by molar-refractivity contribution is 5.87. The quantitative estimate of drug-likeness (QED) is 0.799. The molecule has 96 valence electrons. The van der Waals surface area contributed by atoms with Crippen molar-refractivity contribution < 1.29 is 0 Å². The average Bonchev–Trinajstić information content (AvgIpc) is 2.38. The number of nitrogens with zero attached hydrogens (tertiary/aromatic N) is 2. The summed E-state index contributed by atoms with van der Waals surface area (Å²) in [6.07, 6.45) is 8.92. The Bertz CT molecular complexity index is 456. The van der Waals surface area contributed by atoms with Gasteiger partial charge in [-0.3, -0.25) is 0 Å². The predicted octanol–water partition coefficient (Wildman–Crippen LogP) is 3.55. The molecule has 0 bridgehead atoms. The van der Waals surface area contributed by atoms with Crippen LogP contribution in [0.4, 0.5) is 11.4 Å². The second-order valence-corrected chi connectivity index (χ2v) is 5.12. The molecule has 0 spiro atoms. The van der Waals surface area contributed by atoms with Gasteiger partial charge in [0.05, 0.1) is 0 Å². The Morgan fingerprint density at radius 2 is 1.56 bits per heavy atom. The van der Waals surface area contributed by atoms with Crippen LogP contribution in [0.2, 0.25) is 0 Å². The highest BCUT2D eigenvalue weighted by atomic mass is 15.1. The molecule has 0 radical (unpaired) electrons. The van der Waals surface area contributed by atoms with Crippen molar-refractivity contribution in [2.24, 2.45) is 0 Å². The van der Waals surface area contributed by atoms with Crippen LogP contribution in [0.3, 0.4) is 0 Å². The second kappa shape index (κ2) is 5.30. The number of anilines is 2. The Balaban J connectivity index is 2.60. The third-order valence-electron chi connectivity index (χ3n) is 3.32. The van der Waals surface area contributed by atoms with Crippen LogP contribution in [-0.2, 0) is 0 Å². The molecule has 0 atom stereocenters. The molecule has 1 aromatic carbocycles. The lowest BCUT2D eigenvalue weighted by molar-refractivity contribution is 1.03. The molecule has 0 unspecified atom stereocenters. The maximum atomic E-state index is 2.25. The summed E-state index contributed by atoms with van der Waals surface area (Å²) in [6, 6.07) is 6.52. The smallest absolute Gasteiger partial charge is 0.0458 e. The minimum Gasteiger partial charge on any atom is -0.377 e. The molecule has 0 fully saturated rings. The van der Waals surface area contributed by atoms with E-state index >= 15 is 0 Å². The third kappa shape index (κ3) is 2.42. The number of hydrogen-bond acceptors (Lipinski definition) is 2. The van der Waals surface area contributed by atoms with Crippen molar-refractivity contribution in [3.05, 3.63) is 42.0 Å². The van der Waals surface area contributed by atoms with Gasteiger partial charge in [-0.2, -0.15) is 0 Å². The number of hydrogen-bond donors (Lipinski definition) is 0. The van der Waals surface area contributed by atoms with Crippen molar-refractivity contribution in [1.82, 2.24) is 0 Å². The van der Waals surface area contributed by atoms with E-state index in [9.17, 15) is 0 Å². The van der Waals surface area contributed by atoms with Gasteiger partial charge in [0.2, 0.25) is 0 Å². The minimum absolute atomic E-state index is 1.13. The van der Waals surface area contributed by atoms with E-state index in [4.69, 9.17) is 0 Å². The third-order valence-corrected chi connectivity index (χ3v) is 3.32. The monoisotopic (exact) mass is 242 g/mol. The summed E-state index contributed by atoms with van der Waals surface area (Å²) < 4.78 is 0. The topological polar surface area (TPSA) is 6.48 Å². The molecule has 2 nitrogen and oxygen atoms in total. The summed E-state index contributed by atoms with van der Waals surface area (Å²) in [5.74, 6) is 0. The lowest BCUT2D eigenvalue weighted by atomic mass is 9.94. The van der Waals surface area contributed by atoms with E-state index in [1.807, 2.05) is 0 Å². The first kappa shape index (κ1) is 12.7. The van der Waals surface area contributed by atoms with Crippen molar-refractivity contribution >= 4 is 16.9 Å². The summed E-state index contributed by atoms with van der Waals surface area (Å²) in [7, 11) is 8.43. The maximum Gasteiger partial charge on any atom is 0.0458 e. The molecular weight excluding hydrogens is 220 g/mol. The average molecular weight is 242 g/mol. The molecule has 2 rings (SSSR count). The summed E-state index contributed by atoms with van der Waals surface area (Å²) in [5.41, 5.74) is 5.40. The van der Waals surface area contributed by atoms with Gasteiger partial charge in [0.1, 0.15) is 0 Å². The van der Waals surface area contributed by atoms with Crippen molar-refractivity contribution in [3.8, 4) is 0 Å². The van der Waals surface area contributed by atoms with Gasteiger partial charge in [0.25, 0.3) is 0 Å². The minimum atomic E-state index is 1.13. The molecular formula is C16H22N2. The summed E-state index contributed by atoms with van der Waals surface area (Å²) >= 11 is 0. The van der Waals surface area contributed by atoms with Gasteiger partial charge < -0.3 is 9.80 Å². The Labute approximate surface area is 110 Å². The van der Waals surface area contributed by atoms with Gasteiger partial charge in [-0.25, -0.2) is 0 Å². The van der Waals surface area contributed by atoms with Crippen molar-refractivity contribution in [2.75, 3.05) is 38.0 Å². The van der Waals surface area contributed by atoms with E-state index in [1.54, 1.807) is 0 Å². The van der Waals surface area contributed by atoms with Crippen LogP contribution in [0.25, 0.3) is 5.57 Å². The van der Waals surface area contributed by atoms with Gasteiger partial charge >= 0.3 is 0 Å². The fourth-order valence-corrected chi connectivity index (χ4v) is 2.41. The highest BCUT2D eigenvalue weighted by Gasteiger charge is 2.15. The first-order chi connectivity index (χ1) is 8.61. The van der Waals surface area contributed by atoms with Crippen molar-refractivity contribution in [3.63, 3.8) is 0 Å². The first-order valence-corrected chi connectivity index (χ1v) is 6.45. The zero-order chi connectivity index (χ0) is 13.1. The van der Waals surface area contributed by atoms with E-state index in [2.05, 4.69) is 74.4 Å².